The molecule has 0 aliphatic rings. The summed E-state index contributed by atoms with van der Waals surface area (Å²) in [7, 11) is -3.32. The summed E-state index contributed by atoms with van der Waals surface area (Å²) in [6.45, 7) is 2.10. The van der Waals surface area contributed by atoms with Crippen LogP contribution < -0.4 is 10.9 Å². The first-order valence-electron chi connectivity index (χ1n) is 2.66. The van der Waals surface area contributed by atoms with Crippen LogP contribution in [0.25, 0.3) is 0 Å². The van der Waals surface area contributed by atoms with E-state index in [9.17, 15) is 8.42 Å². The minimum absolute atomic E-state index is 0. The minimum atomic E-state index is -3.32. The van der Waals surface area contributed by atoms with Gasteiger partial charge in [0.2, 0.25) is 10.0 Å². The van der Waals surface area contributed by atoms with Gasteiger partial charge in [-0.1, -0.05) is 6.92 Å². The minimum Gasteiger partial charge on any atom is -0.330 e. The van der Waals surface area contributed by atoms with Crippen LogP contribution in [0.4, 0.5) is 0 Å². The van der Waals surface area contributed by atoms with Crippen LogP contribution in [0.15, 0.2) is 0 Å². The summed E-state index contributed by atoms with van der Waals surface area (Å²) in [5, 5.41) is 4.73. The van der Waals surface area contributed by atoms with Crippen molar-refractivity contribution in [3.8, 4) is 0 Å². The van der Waals surface area contributed by atoms with Gasteiger partial charge in [0.15, 0.2) is 0 Å². The van der Waals surface area contributed by atoms with Crippen molar-refractivity contribution < 1.29 is 8.42 Å². The highest BCUT2D eigenvalue weighted by Crippen LogP contribution is 1.93. The summed E-state index contributed by atoms with van der Waals surface area (Å²) in [6.07, 6.45) is 0. The molecule has 0 rings (SSSR count). The molecule has 0 heterocycles. The second-order valence-electron chi connectivity index (χ2n) is 2.17. The number of primary sulfonamides is 1. The van der Waals surface area contributed by atoms with Gasteiger partial charge in [-0.15, -0.1) is 12.4 Å². The van der Waals surface area contributed by atoms with E-state index < -0.39 is 10.0 Å². The first kappa shape index (κ1) is 12.8. The predicted molar refractivity (Wildman–Crippen MR) is 43.4 cm³/mol. The number of hydrogen-bond acceptors (Lipinski definition) is 3. The lowest BCUT2D eigenvalue weighted by Gasteiger charge is -2.03. The zero-order valence-corrected chi connectivity index (χ0v) is 7.41. The van der Waals surface area contributed by atoms with Crippen LogP contribution in [-0.2, 0) is 10.0 Å². The summed E-state index contributed by atoms with van der Waals surface area (Å²) in [4.78, 5) is 0. The second kappa shape index (κ2) is 4.90. The van der Waals surface area contributed by atoms with Crippen LogP contribution in [0.5, 0.6) is 0 Å². The summed E-state index contributed by atoms with van der Waals surface area (Å²) in [5.74, 6) is -0.0660. The fraction of sp³-hybridized carbons (Fsp3) is 1.00. The Hall–Kier alpha value is 0.160. The lowest BCUT2D eigenvalue weighted by atomic mass is 10.2. The Morgan fingerprint density at radius 2 is 1.90 bits per heavy atom. The van der Waals surface area contributed by atoms with Crippen LogP contribution >= 0.6 is 12.4 Å². The highest BCUT2D eigenvalue weighted by molar-refractivity contribution is 7.89. The fourth-order valence-corrected chi connectivity index (χ4v) is 1.39. The van der Waals surface area contributed by atoms with Crippen molar-refractivity contribution in [3.05, 3.63) is 0 Å². The Morgan fingerprint density at radius 1 is 1.50 bits per heavy atom. The van der Waals surface area contributed by atoms with Gasteiger partial charge in [-0.2, -0.15) is 0 Å². The lowest BCUT2D eigenvalue weighted by molar-refractivity contribution is 0.575. The Morgan fingerprint density at radius 3 is 2.00 bits per heavy atom. The Balaban J connectivity index is 0. The molecule has 0 saturated heterocycles. The highest BCUT2D eigenvalue weighted by atomic mass is 35.5. The van der Waals surface area contributed by atoms with E-state index in [1.54, 1.807) is 6.92 Å². The van der Waals surface area contributed by atoms with E-state index in [-0.39, 0.29) is 24.1 Å². The molecule has 0 aromatic rings. The van der Waals surface area contributed by atoms with Crippen LogP contribution in [0.3, 0.4) is 0 Å². The molecule has 1 unspecified atom stereocenters. The second-order valence-corrected chi connectivity index (χ2v) is 3.83. The molecule has 0 aliphatic heterocycles. The van der Waals surface area contributed by atoms with Gasteiger partial charge in [0.05, 0.1) is 5.75 Å². The average Bonchev–Trinajstić information content (AvgIpc) is 1.62. The van der Waals surface area contributed by atoms with Gasteiger partial charge in [0, 0.05) is 0 Å². The third kappa shape index (κ3) is 8.16. The molecule has 6 heteroatoms. The fourth-order valence-electron chi connectivity index (χ4n) is 0.465. The van der Waals surface area contributed by atoms with E-state index in [1.165, 1.54) is 0 Å². The summed E-state index contributed by atoms with van der Waals surface area (Å²) >= 11 is 0. The van der Waals surface area contributed by atoms with Crippen LogP contribution in [0.1, 0.15) is 6.92 Å². The van der Waals surface area contributed by atoms with Crippen molar-refractivity contribution >= 4 is 22.4 Å². The van der Waals surface area contributed by atoms with Crippen molar-refractivity contribution in [2.75, 3.05) is 12.3 Å². The summed E-state index contributed by atoms with van der Waals surface area (Å²) in [6, 6.07) is 0. The molecule has 4 nitrogen and oxygen atoms in total. The molecule has 0 bridgehead atoms. The molecule has 0 aliphatic carbocycles. The largest absolute Gasteiger partial charge is 0.330 e. The predicted octanol–water partition coefficient (Wildman–Crippen LogP) is -0.708. The molecule has 0 fully saturated rings. The van der Waals surface area contributed by atoms with E-state index in [2.05, 4.69) is 0 Å². The monoisotopic (exact) mass is 188 g/mol. The maximum Gasteiger partial charge on any atom is 0.209 e. The first-order chi connectivity index (χ1) is 3.95. The molecular formula is C4H13ClN2O2S. The van der Waals surface area contributed by atoms with Crippen LogP contribution in [0, 0.1) is 5.92 Å². The molecule has 64 valence electrons. The number of nitrogens with two attached hydrogens (primary N) is 2. The molecule has 0 aromatic carbocycles. The third-order valence-electron chi connectivity index (χ3n) is 0.919. The maximum atomic E-state index is 10.3. The van der Waals surface area contributed by atoms with Gasteiger partial charge >= 0.3 is 0 Å². The first-order valence-corrected chi connectivity index (χ1v) is 4.38. The normalized spacial score (nSPS) is 13.9. The zero-order chi connectivity index (χ0) is 7.49. The van der Waals surface area contributed by atoms with E-state index in [1.807, 2.05) is 0 Å². The number of hydrogen-bond donors (Lipinski definition) is 2. The van der Waals surface area contributed by atoms with Crippen molar-refractivity contribution in [1.29, 1.82) is 0 Å². The van der Waals surface area contributed by atoms with Crippen molar-refractivity contribution in [1.82, 2.24) is 0 Å². The van der Waals surface area contributed by atoms with E-state index in [4.69, 9.17) is 10.9 Å². The molecule has 4 N–H and O–H groups in total. The van der Waals surface area contributed by atoms with Gasteiger partial charge < -0.3 is 5.73 Å². The van der Waals surface area contributed by atoms with Crippen molar-refractivity contribution in [2.45, 2.75) is 6.92 Å². The molecule has 1 atom stereocenters. The number of rotatable bonds is 3. The van der Waals surface area contributed by atoms with Gasteiger partial charge in [-0.25, -0.2) is 13.6 Å². The molecule has 0 aromatic heterocycles. The number of sulfonamides is 1. The smallest absolute Gasteiger partial charge is 0.209 e. The van der Waals surface area contributed by atoms with Gasteiger partial charge in [0.1, 0.15) is 0 Å². The summed E-state index contributed by atoms with van der Waals surface area (Å²) in [5.41, 5.74) is 5.16. The van der Waals surface area contributed by atoms with Crippen LogP contribution in [0.2, 0.25) is 0 Å². The quantitative estimate of drug-likeness (QED) is 0.614. The van der Waals surface area contributed by atoms with Gasteiger partial charge in [-0.3, -0.25) is 0 Å². The third-order valence-corrected chi connectivity index (χ3v) is 1.95. The molecule has 0 amide bonds. The topological polar surface area (TPSA) is 86.2 Å². The van der Waals surface area contributed by atoms with E-state index >= 15 is 0 Å². The highest BCUT2D eigenvalue weighted by Gasteiger charge is 2.07. The Bertz CT molecular complexity index is 168. The van der Waals surface area contributed by atoms with Crippen molar-refractivity contribution in [3.63, 3.8) is 0 Å². The molecule has 0 spiro atoms. The van der Waals surface area contributed by atoms with Gasteiger partial charge in [-0.05, 0) is 12.5 Å². The zero-order valence-electron chi connectivity index (χ0n) is 5.78. The lowest BCUT2D eigenvalue weighted by Crippen LogP contribution is -2.25. The average molecular weight is 189 g/mol. The van der Waals surface area contributed by atoms with Gasteiger partial charge in [0.25, 0.3) is 0 Å². The molecule has 0 saturated carbocycles. The Kier molecular flexibility index (Phi) is 6.27. The molecule has 10 heavy (non-hydrogen) atoms. The van der Waals surface area contributed by atoms with Crippen molar-refractivity contribution in [2.24, 2.45) is 16.8 Å². The van der Waals surface area contributed by atoms with Crippen LogP contribution in [-0.4, -0.2) is 20.7 Å². The standard InChI is InChI=1S/C4H12N2O2S.ClH/c1-4(2-5)3-9(6,7)8;/h4H,2-3,5H2,1H3,(H2,6,7,8);1H. The Labute approximate surface area is 67.4 Å². The van der Waals surface area contributed by atoms with E-state index in [0.717, 1.165) is 0 Å². The molecular weight excluding hydrogens is 176 g/mol. The van der Waals surface area contributed by atoms with E-state index in [0.29, 0.717) is 6.54 Å². The molecule has 0 radical (unpaired) electrons. The maximum absolute atomic E-state index is 10.3. The number of halogens is 1. The summed E-state index contributed by atoms with van der Waals surface area (Å²) < 4.78 is 20.6. The SMILES string of the molecule is CC(CN)CS(N)(=O)=O.Cl.